The van der Waals surface area contributed by atoms with Crippen LogP contribution >= 0.6 is 11.8 Å². The Labute approximate surface area is 232 Å². The summed E-state index contributed by atoms with van der Waals surface area (Å²) in [7, 11) is 1.52. The number of carbonyl (C=O) groups excluding carboxylic acids is 4. The van der Waals surface area contributed by atoms with Crippen LogP contribution in [0.1, 0.15) is 32.9 Å². The minimum Gasteiger partial charge on any atom is -0.497 e. The number of hydrogen-bond donors (Lipinski definition) is 0. The van der Waals surface area contributed by atoms with Crippen LogP contribution in [0.25, 0.3) is 11.5 Å². The van der Waals surface area contributed by atoms with E-state index in [4.69, 9.17) is 13.9 Å². The fraction of sp³-hybridized carbons (Fsp3) is 0.179. The number of aromatic nitrogens is 3. The van der Waals surface area contributed by atoms with Crippen molar-refractivity contribution in [2.24, 2.45) is 0 Å². The van der Waals surface area contributed by atoms with Crippen LogP contribution in [0.5, 0.6) is 5.75 Å². The quantitative estimate of drug-likeness (QED) is 0.168. The largest absolute Gasteiger partial charge is 0.497 e. The maximum Gasteiger partial charge on any atom is 0.338 e. The molecule has 1 saturated heterocycles. The summed E-state index contributed by atoms with van der Waals surface area (Å²) in [5.74, 6) is -0.0597. The second-order valence-electron chi connectivity index (χ2n) is 8.69. The van der Waals surface area contributed by atoms with E-state index in [-0.39, 0.29) is 22.9 Å². The number of nitrogens with zero attached hydrogens (tertiary/aromatic N) is 4. The molecule has 4 aromatic rings. The van der Waals surface area contributed by atoms with Crippen LogP contribution in [0, 0.1) is 6.92 Å². The third kappa shape index (κ3) is 5.76. The van der Waals surface area contributed by atoms with Crippen LogP contribution in [0.2, 0.25) is 0 Å². The molecule has 11 nitrogen and oxygen atoms in total. The number of ketones is 1. The Balaban J connectivity index is 1.20. The highest BCUT2D eigenvalue weighted by Crippen LogP contribution is 2.33. The molecule has 5 rings (SSSR count). The van der Waals surface area contributed by atoms with Gasteiger partial charge in [0.15, 0.2) is 18.2 Å². The second kappa shape index (κ2) is 11.5. The number of imide groups is 1. The van der Waals surface area contributed by atoms with Crippen molar-refractivity contribution in [3.05, 3.63) is 83.7 Å². The SMILES string of the molecule is COc1ccc(C(=O)COC(=O)c2ccc(N3C(=O)CC(Sc4nncc(-c5ccc(C)o5)n4)C3=O)cc2)cc1. The minimum atomic E-state index is -0.739. The predicted molar refractivity (Wildman–Crippen MR) is 143 cm³/mol. The van der Waals surface area contributed by atoms with Gasteiger partial charge in [-0.3, -0.25) is 14.4 Å². The lowest BCUT2D eigenvalue weighted by atomic mass is 10.1. The fourth-order valence-corrected chi connectivity index (χ4v) is 4.88. The summed E-state index contributed by atoms with van der Waals surface area (Å²) in [5, 5.41) is 7.41. The molecule has 1 aliphatic heterocycles. The lowest BCUT2D eigenvalue weighted by Crippen LogP contribution is -2.31. The number of rotatable bonds is 9. The number of hydrogen-bond acceptors (Lipinski definition) is 11. The second-order valence-corrected chi connectivity index (χ2v) is 9.86. The van der Waals surface area contributed by atoms with E-state index in [0.29, 0.717) is 28.5 Å². The maximum atomic E-state index is 13.1. The molecule has 0 bridgehead atoms. The van der Waals surface area contributed by atoms with Crippen molar-refractivity contribution in [1.29, 1.82) is 0 Å². The van der Waals surface area contributed by atoms with Crippen molar-refractivity contribution in [2.45, 2.75) is 23.8 Å². The van der Waals surface area contributed by atoms with Gasteiger partial charge in [-0.15, -0.1) is 5.10 Å². The molecule has 2 aromatic carbocycles. The first-order valence-electron chi connectivity index (χ1n) is 12.1. The Morgan fingerprint density at radius 1 is 1.02 bits per heavy atom. The Morgan fingerprint density at radius 3 is 2.42 bits per heavy atom. The molecule has 0 radical (unpaired) electrons. The number of furan rings is 1. The zero-order valence-corrected chi connectivity index (χ0v) is 22.2. The van der Waals surface area contributed by atoms with E-state index in [2.05, 4.69) is 15.2 Å². The van der Waals surface area contributed by atoms with Crippen LogP contribution < -0.4 is 9.64 Å². The van der Waals surface area contributed by atoms with Gasteiger partial charge < -0.3 is 13.9 Å². The molecular formula is C28H22N4O7S. The van der Waals surface area contributed by atoms with Crippen molar-refractivity contribution in [1.82, 2.24) is 15.2 Å². The number of Topliss-reactive ketones (excluding diaryl/α,β-unsaturated/α-hetero) is 1. The first kappa shape index (κ1) is 26.8. The van der Waals surface area contributed by atoms with Crippen LogP contribution in [0.15, 0.2) is 76.4 Å². The van der Waals surface area contributed by atoms with Gasteiger partial charge in [0.05, 0.1) is 24.6 Å². The smallest absolute Gasteiger partial charge is 0.338 e. The van der Waals surface area contributed by atoms with E-state index in [9.17, 15) is 19.2 Å². The van der Waals surface area contributed by atoms with Crippen molar-refractivity contribution in [3.63, 3.8) is 0 Å². The summed E-state index contributed by atoms with van der Waals surface area (Å²) in [6.45, 7) is 1.37. The molecule has 2 amide bonds. The minimum absolute atomic E-state index is 0.0474. The molecule has 3 heterocycles. The highest BCUT2D eigenvalue weighted by atomic mass is 32.2. The molecule has 0 aliphatic carbocycles. The molecule has 202 valence electrons. The Morgan fingerprint density at radius 2 is 1.75 bits per heavy atom. The molecule has 12 heteroatoms. The van der Waals surface area contributed by atoms with Gasteiger partial charge in [-0.25, -0.2) is 14.7 Å². The molecule has 1 atom stereocenters. The molecule has 0 saturated carbocycles. The van der Waals surface area contributed by atoms with E-state index >= 15 is 0 Å². The van der Waals surface area contributed by atoms with Crippen molar-refractivity contribution < 1.29 is 33.1 Å². The van der Waals surface area contributed by atoms with Crippen LogP contribution in [-0.4, -0.2) is 57.7 Å². The molecular weight excluding hydrogens is 536 g/mol. The van der Waals surface area contributed by atoms with Gasteiger partial charge in [0, 0.05) is 12.0 Å². The van der Waals surface area contributed by atoms with Gasteiger partial charge in [0.1, 0.15) is 22.5 Å². The molecule has 1 fully saturated rings. The predicted octanol–water partition coefficient (Wildman–Crippen LogP) is 3.91. The molecule has 40 heavy (non-hydrogen) atoms. The first-order valence-corrected chi connectivity index (χ1v) is 12.9. The molecule has 0 N–H and O–H groups in total. The first-order chi connectivity index (χ1) is 19.3. The Bertz CT molecular complexity index is 1580. The topological polar surface area (TPSA) is 142 Å². The number of amides is 2. The fourth-order valence-electron chi connectivity index (χ4n) is 3.94. The van der Waals surface area contributed by atoms with Crippen molar-refractivity contribution in [2.75, 3.05) is 18.6 Å². The zero-order valence-electron chi connectivity index (χ0n) is 21.4. The summed E-state index contributed by atoms with van der Waals surface area (Å²) in [6.07, 6.45) is 1.41. The number of aryl methyl sites for hydroxylation is 1. The van der Waals surface area contributed by atoms with E-state index in [0.717, 1.165) is 22.4 Å². The molecule has 0 spiro atoms. The van der Waals surface area contributed by atoms with Gasteiger partial charge >= 0.3 is 5.97 Å². The van der Waals surface area contributed by atoms with E-state index < -0.39 is 29.6 Å². The number of carbonyl (C=O) groups is 4. The number of benzene rings is 2. The summed E-state index contributed by atoms with van der Waals surface area (Å²) in [5.41, 5.74) is 1.32. The van der Waals surface area contributed by atoms with Crippen molar-refractivity contribution in [3.8, 4) is 17.2 Å². The summed E-state index contributed by atoms with van der Waals surface area (Å²) < 4.78 is 15.8. The van der Waals surface area contributed by atoms with Gasteiger partial charge in [-0.2, -0.15) is 5.10 Å². The molecule has 2 aromatic heterocycles. The van der Waals surface area contributed by atoms with Crippen LogP contribution in [0.4, 0.5) is 5.69 Å². The van der Waals surface area contributed by atoms with E-state index in [1.165, 1.54) is 37.6 Å². The highest BCUT2D eigenvalue weighted by Gasteiger charge is 2.41. The number of anilines is 1. The standard InChI is InChI=1S/C28H22N4O7S/c1-16-3-12-23(39-16)21-14-29-31-28(30-21)40-24-13-25(34)32(26(24)35)19-8-4-18(5-9-19)27(36)38-15-22(33)17-6-10-20(37-2)11-7-17/h3-12,14,24H,13,15H2,1-2H3. The number of methoxy groups -OCH3 is 1. The Hall–Kier alpha value is -4.84. The summed E-state index contributed by atoms with van der Waals surface area (Å²) >= 11 is 1.04. The average molecular weight is 559 g/mol. The average Bonchev–Trinajstić information content (AvgIpc) is 3.53. The van der Waals surface area contributed by atoms with Crippen molar-refractivity contribution >= 4 is 41.0 Å². The lowest BCUT2D eigenvalue weighted by Gasteiger charge is -2.15. The molecule has 1 unspecified atom stereocenters. The Kier molecular flexibility index (Phi) is 7.69. The number of thioether (sulfide) groups is 1. The van der Waals surface area contributed by atoms with Gasteiger partial charge in [-0.1, -0.05) is 11.8 Å². The highest BCUT2D eigenvalue weighted by molar-refractivity contribution is 8.00. The number of esters is 1. The summed E-state index contributed by atoms with van der Waals surface area (Å²) in [4.78, 5) is 56.1. The van der Waals surface area contributed by atoms with Crippen LogP contribution in [-0.2, 0) is 14.3 Å². The lowest BCUT2D eigenvalue weighted by molar-refractivity contribution is -0.121. The maximum absolute atomic E-state index is 13.1. The van der Waals surface area contributed by atoms with Gasteiger partial charge in [-0.05, 0) is 67.6 Å². The monoisotopic (exact) mass is 558 g/mol. The zero-order chi connectivity index (χ0) is 28.2. The summed E-state index contributed by atoms with van der Waals surface area (Å²) in [6, 6.07) is 15.8. The van der Waals surface area contributed by atoms with Gasteiger partial charge in [0.25, 0.3) is 0 Å². The van der Waals surface area contributed by atoms with E-state index in [1.54, 1.807) is 36.4 Å². The number of ether oxygens (including phenoxy) is 2. The van der Waals surface area contributed by atoms with Crippen LogP contribution in [0.3, 0.4) is 0 Å². The third-order valence-corrected chi connectivity index (χ3v) is 7.03. The third-order valence-electron chi connectivity index (χ3n) is 5.99. The normalized spacial score (nSPS) is 14.8. The van der Waals surface area contributed by atoms with E-state index in [1.807, 2.05) is 6.92 Å². The van der Waals surface area contributed by atoms with Gasteiger partial charge in [0.2, 0.25) is 17.0 Å². The molecule has 1 aliphatic rings.